The van der Waals surface area contributed by atoms with Crippen molar-refractivity contribution in [3.8, 4) is 0 Å². The van der Waals surface area contributed by atoms with Gasteiger partial charge in [-0.1, -0.05) is 33.1 Å². The number of likely N-dealkylation sites (tertiary alicyclic amines) is 1. The van der Waals surface area contributed by atoms with E-state index in [4.69, 9.17) is 5.73 Å². The van der Waals surface area contributed by atoms with Crippen molar-refractivity contribution in [2.24, 2.45) is 5.73 Å². The van der Waals surface area contributed by atoms with Gasteiger partial charge in [0.15, 0.2) is 0 Å². The molecule has 4 rings (SSSR count). The normalized spacial score (nSPS) is 21.7. The molecule has 0 spiro atoms. The van der Waals surface area contributed by atoms with Crippen LogP contribution in [-0.2, 0) is 12.8 Å². The summed E-state index contributed by atoms with van der Waals surface area (Å²) in [6.07, 6.45) is 6.84. The highest BCUT2D eigenvalue weighted by Crippen LogP contribution is 2.31. The zero-order valence-electron chi connectivity index (χ0n) is 26.1. The van der Waals surface area contributed by atoms with Crippen molar-refractivity contribution in [1.29, 1.82) is 0 Å². The Morgan fingerprint density at radius 2 is 1.96 bits per heavy atom. The SMILES string of the molecule is C.C=CNCC([NH+]=C(N)CCC)C1(C)C(O)C(NC(=O)c2cccc3c2CCCC3)CN1C.CNC(=O)c1cc(=O)[nH]c(=O)[nH]1. The molecule has 9 N–H and O–H groups in total. The van der Waals surface area contributed by atoms with Crippen LogP contribution in [0.5, 0.6) is 0 Å². The number of aryl methyl sites for hydroxylation is 1. The minimum absolute atomic E-state index is 0. The summed E-state index contributed by atoms with van der Waals surface area (Å²) in [5.41, 5.74) is 7.42. The molecule has 13 heteroatoms. The Morgan fingerprint density at radius 3 is 2.60 bits per heavy atom. The third kappa shape index (κ3) is 8.92. The predicted molar refractivity (Wildman–Crippen MR) is 176 cm³/mol. The number of benzene rings is 1. The van der Waals surface area contributed by atoms with Crippen LogP contribution < -0.4 is 37.9 Å². The van der Waals surface area contributed by atoms with Crippen molar-refractivity contribution in [2.75, 3.05) is 27.2 Å². The van der Waals surface area contributed by atoms with Crippen LogP contribution in [0.1, 0.15) is 78.9 Å². The Kier molecular flexibility index (Phi) is 13.7. The molecule has 1 aliphatic carbocycles. The maximum absolute atomic E-state index is 13.2. The number of carbonyl (C=O) groups excluding carboxylic acids is 2. The fraction of sp³-hybridized carbons (Fsp3) is 0.531. The van der Waals surface area contributed by atoms with E-state index < -0.39 is 28.8 Å². The van der Waals surface area contributed by atoms with Crippen LogP contribution in [0.25, 0.3) is 0 Å². The molecule has 1 aliphatic heterocycles. The van der Waals surface area contributed by atoms with E-state index in [2.05, 4.69) is 50.4 Å². The first-order valence-electron chi connectivity index (χ1n) is 15.0. The molecule has 13 nitrogen and oxygen atoms in total. The Hall–Kier alpha value is -4.23. The number of amides is 2. The summed E-state index contributed by atoms with van der Waals surface area (Å²) >= 11 is 0. The molecule has 1 saturated heterocycles. The van der Waals surface area contributed by atoms with Gasteiger partial charge in [-0.15, -0.1) is 0 Å². The first kappa shape index (κ1) is 37.0. The molecular weight excluding hydrogens is 576 g/mol. The second-order valence-electron chi connectivity index (χ2n) is 11.4. The molecule has 1 fully saturated rings. The highest BCUT2D eigenvalue weighted by atomic mass is 16.3. The fourth-order valence-electron chi connectivity index (χ4n) is 5.96. The van der Waals surface area contributed by atoms with Gasteiger partial charge in [0.05, 0.1) is 24.2 Å². The van der Waals surface area contributed by atoms with Gasteiger partial charge < -0.3 is 26.0 Å². The highest BCUT2D eigenvalue weighted by Gasteiger charge is 2.54. The lowest BCUT2D eigenvalue weighted by atomic mass is 9.85. The van der Waals surface area contributed by atoms with Gasteiger partial charge >= 0.3 is 5.69 Å². The summed E-state index contributed by atoms with van der Waals surface area (Å²) in [5, 5.41) is 20.0. The standard InChI is InChI=1S/C25H39N5O2.C6H7N3O3.CH4/c1-5-10-22(26)29-21(15-27-6-2)25(3)23(31)20(16-30(25)4)28-24(32)19-14-9-12-17-11-7-8-13-18(17)19;1-7-5(11)3-2-4(10)9-6(12)8-3;/h6,9,12,14,20-21,23,27,31H,2,5,7-8,10-11,13,15-16H2,1,3-4H3,(H2,26,29)(H,28,32);2H,1H3,(H,7,11)(H2,8,9,10,12);1H4/p+1. The van der Waals surface area contributed by atoms with E-state index in [1.54, 1.807) is 6.20 Å². The van der Waals surface area contributed by atoms with Crippen molar-refractivity contribution < 1.29 is 19.7 Å². The number of aliphatic hydroxyl groups excluding tert-OH is 1. The molecule has 0 bridgehead atoms. The highest BCUT2D eigenvalue weighted by molar-refractivity contribution is 5.96. The zero-order valence-corrected chi connectivity index (χ0v) is 26.1. The molecule has 0 radical (unpaired) electrons. The van der Waals surface area contributed by atoms with Gasteiger partial charge in [-0.25, -0.2) is 4.79 Å². The number of hydrogen-bond donors (Lipinski definition) is 8. The Bertz CT molecular complexity index is 1440. The summed E-state index contributed by atoms with van der Waals surface area (Å²) in [7, 11) is 3.39. The van der Waals surface area contributed by atoms with E-state index in [0.29, 0.717) is 18.9 Å². The first-order chi connectivity index (χ1) is 21.0. The third-order valence-corrected chi connectivity index (χ3v) is 8.51. The lowest BCUT2D eigenvalue weighted by Crippen LogP contribution is -2.90. The molecule has 1 aromatic carbocycles. The van der Waals surface area contributed by atoms with Crippen molar-refractivity contribution in [1.82, 2.24) is 30.8 Å². The quantitative estimate of drug-likeness (QED) is 0.123. The smallest absolute Gasteiger partial charge is 0.326 e. The van der Waals surface area contributed by atoms with Crippen molar-refractivity contribution in [3.05, 3.63) is 80.3 Å². The Balaban J connectivity index is 0.000000457. The average molecular weight is 628 g/mol. The van der Waals surface area contributed by atoms with Gasteiger partial charge in [0, 0.05) is 31.6 Å². The van der Waals surface area contributed by atoms with Gasteiger partial charge in [-0.2, -0.15) is 0 Å². The van der Waals surface area contributed by atoms with Gasteiger partial charge in [-0.05, 0) is 69.5 Å². The number of nitrogens with two attached hydrogens (primary N) is 1. The summed E-state index contributed by atoms with van der Waals surface area (Å²) in [5.74, 6) is 0.100. The van der Waals surface area contributed by atoms with E-state index in [1.165, 1.54) is 19.0 Å². The maximum atomic E-state index is 13.2. The minimum atomic E-state index is -0.769. The monoisotopic (exact) mass is 627 g/mol. The minimum Gasteiger partial charge on any atom is -0.389 e. The lowest BCUT2D eigenvalue weighted by Gasteiger charge is -2.39. The molecule has 2 aliphatic rings. The number of hydrogen-bond acceptors (Lipinski definition) is 7. The van der Waals surface area contributed by atoms with Crippen molar-refractivity contribution in [2.45, 2.75) is 83.5 Å². The van der Waals surface area contributed by atoms with Crippen molar-refractivity contribution >= 4 is 17.6 Å². The van der Waals surface area contributed by atoms with Gasteiger partial charge in [0.2, 0.25) is 5.84 Å². The fourth-order valence-corrected chi connectivity index (χ4v) is 5.96. The molecule has 2 amide bonds. The molecule has 0 saturated carbocycles. The Morgan fingerprint density at radius 1 is 1.24 bits per heavy atom. The second-order valence-corrected chi connectivity index (χ2v) is 11.4. The number of likely N-dealkylation sites (N-methyl/N-ethyl adjacent to an activating group) is 1. The van der Waals surface area contributed by atoms with E-state index in [9.17, 15) is 24.3 Å². The first-order valence-corrected chi connectivity index (χ1v) is 15.0. The van der Waals surface area contributed by atoms with Crippen LogP contribution in [0.2, 0.25) is 0 Å². The molecule has 248 valence electrons. The molecule has 2 aromatic rings. The molecule has 4 unspecified atom stereocenters. The molecule has 4 atom stereocenters. The summed E-state index contributed by atoms with van der Waals surface area (Å²) in [4.78, 5) is 55.1. The van der Waals surface area contributed by atoms with E-state index >= 15 is 0 Å². The van der Waals surface area contributed by atoms with E-state index in [0.717, 1.165) is 49.3 Å². The third-order valence-electron chi connectivity index (χ3n) is 8.51. The number of nitrogens with one attached hydrogen (secondary N) is 6. The predicted octanol–water partition coefficient (Wildman–Crippen LogP) is -0.873. The van der Waals surface area contributed by atoms with Crippen LogP contribution in [0.3, 0.4) is 0 Å². The number of H-pyrrole nitrogens is 2. The Labute approximate surface area is 264 Å². The topological polar surface area (TPSA) is 199 Å². The van der Waals surface area contributed by atoms with Gasteiger partial charge in [0.1, 0.15) is 11.7 Å². The summed E-state index contributed by atoms with van der Waals surface area (Å²) in [6.45, 7) is 8.96. The zero-order chi connectivity index (χ0) is 32.4. The molecule has 45 heavy (non-hydrogen) atoms. The maximum Gasteiger partial charge on any atom is 0.326 e. The number of fused-ring (bicyclic) bond motifs is 1. The van der Waals surface area contributed by atoms with Crippen molar-refractivity contribution in [3.63, 3.8) is 0 Å². The van der Waals surface area contributed by atoms with Crippen LogP contribution in [0.15, 0.2) is 46.6 Å². The molecule has 2 heterocycles. The number of amidine groups is 1. The van der Waals surface area contributed by atoms with Crippen LogP contribution >= 0.6 is 0 Å². The average Bonchev–Trinajstić information content (AvgIpc) is 3.21. The van der Waals surface area contributed by atoms with Gasteiger partial charge in [0.25, 0.3) is 17.4 Å². The second kappa shape index (κ2) is 16.7. The van der Waals surface area contributed by atoms with Gasteiger partial charge in [-0.3, -0.25) is 35.0 Å². The number of aromatic nitrogens is 2. The van der Waals surface area contributed by atoms with Crippen LogP contribution in [0, 0.1) is 0 Å². The summed E-state index contributed by atoms with van der Waals surface area (Å²) in [6, 6.07) is 6.47. The lowest BCUT2D eigenvalue weighted by molar-refractivity contribution is -0.523. The van der Waals surface area contributed by atoms with E-state index in [1.807, 2.05) is 31.1 Å². The number of aliphatic hydroxyl groups is 1. The largest absolute Gasteiger partial charge is 0.389 e. The molecule has 1 aromatic heterocycles. The number of carbonyl (C=O) groups is 2. The number of nitrogens with zero attached hydrogens (tertiary/aromatic N) is 1. The number of rotatable bonds is 10. The number of aromatic amines is 2. The summed E-state index contributed by atoms with van der Waals surface area (Å²) < 4.78 is 0. The van der Waals surface area contributed by atoms with E-state index in [-0.39, 0.29) is 31.1 Å². The molecular formula is C32H51N8O5+. The van der Waals surface area contributed by atoms with Crippen LogP contribution in [0.4, 0.5) is 0 Å². The van der Waals surface area contributed by atoms with Crippen LogP contribution in [-0.4, -0.2) is 88.5 Å².